The molecule has 2 rings (SSSR count). The van der Waals surface area contributed by atoms with Gasteiger partial charge >= 0.3 is 11.9 Å². The number of methoxy groups -OCH3 is 2. The van der Waals surface area contributed by atoms with Gasteiger partial charge in [-0.15, -0.1) is 11.3 Å². The first-order valence-corrected chi connectivity index (χ1v) is 8.59. The van der Waals surface area contributed by atoms with Crippen LogP contribution in [0.5, 0.6) is 5.75 Å². The van der Waals surface area contributed by atoms with Gasteiger partial charge in [-0.3, -0.25) is 4.79 Å². The molecule has 1 heterocycles. The Kier molecular flexibility index (Phi) is 6.54. The molecule has 25 heavy (non-hydrogen) atoms. The van der Waals surface area contributed by atoms with Crippen molar-refractivity contribution in [1.29, 1.82) is 0 Å². The van der Waals surface area contributed by atoms with Crippen LogP contribution < -0.4 is 10.1 Å². The molecule has 0 aliphatic heterocycles. The van der Waals surface area contributed by atoms with Gasteiger partial charge in [-0.05, 0) is 45.6 Å². The van der Waals surface area contributed by atoms with Crippen molar-refractivity contribution in [1.82, 2.24) is 0 Å². The summed E-state index contributed by atoms with van der Waals surface area (Å²) in [6.45, 7) is -0.271. The second-order valence-corrected chi connectivity index (χ2v) is 6.40. The maximum atomic E-state index is 12.0. The Labute approximate surface area is 156 Å². The SMILES string of the molecule is COC(=O)c1ccc(OCC(=O)Nc2ccsc2C(=O)OC)c(Br)c1. The van der Waals surface area contributed by atoms with Crippen molar-refractivity contribution in [3.8, 4) is 5.75 Å². The van der Waals surface area contributed by atoms with Crippen molar-refractivity contribution >= 4 is 50.8 Å². The van der Waals surface area contributed by atoms with Crippen LogP contribution in [0.3, 0.4) is 0 Å². The molecule has 0 fully saturated rings. The van der Waals surface area contributed by atoms with Gasteiger partial charge in [0.05, 0.1) is 29.9 Å². The van der Waals surface area contributed by atoms with Gasteiger partial charge in [0.1, 0.15) is 10.6 Å². The molecule has 132 valence electrons. The highest BCUT2D eigenvalue weighted by molar-refractivity contribution is 9.10. The van der Waals surface area contributed by atoms with E-state index in [9.17, 15) is 14.4 Å². The summed E-state index contributed by atoms with van der Waals surface area (Å²) in [6.07, 6.45) is 0. The van der Waals surface area contributed by atoms with Gasteiger partial charge in [-0.25, -0.2) is 9.59 Å². The molecule has 0 atom stereocenters. The van der Waals surface area contributed by atoms with Crippen molar-refractivity contribution < 1.29 is 28.6 Å². The Hall–Kier alpha value is -2.39. The number of thiophene rings is 1. The van der Waals surface area contributed by atoms with Gasteiger partial charge in [0, 0.05) is 0 Å². The fraction of sp³-hybridized carbons (Fsp3) is 0.188. The van der Waals surface area contributed by atoms with Crippen LogP contribution in [0.1, 0.15) is 20.0 Å². The highest BCUT2D eigenvalue weighted by Gasteiger charge is 2.16. The lowest BCUT2D eigenvalue weighted by molar-refractivity contribution is -0.118. The molecule has 0 aliphatic rings. The molecule has 0 saturated carbocycles. The first-order valence-electron chi connectivity index (χ1n) is 6.92. The van der Waals surface area contributed by atoms with E-state index >= 15 is 0 Å². The number of anilines is 1. The number of esters is 2. The average Bonchev–Trinajstić information content (AvgIpc) is 3.07. The number of ether oxygens (including phenoxy) is 3. The Morgan fingerprint density at radius 2 is 1.84 bits per heavy atom. The minimum atomic E-state index is -0.521. The molecule has 0 bridgehead atoms. The zero-order valence-corrected chi connectivity index (χ0v) is 15.7. The Morgan fingerprint density at radius 3 is 2.48 bits per heavy atom. The fourth-order valence-corrected chi connectivity index (χ4v) is 3.11. The molecular weight excluding hydrogens is 414 g/mol. The number of carbonyl (C=O) groups excluding carboxylic acids is 3. The topological polar surface area (TPSA) is 90.9 Å². The predicted molar refractivity (Wildman–Crippen MR) is 95.3 cm³/mol. The zero-order valence-electron chi connectivity index (χ0n) is 13.3. The van der Waals surface area contributed by atoms with Gasteiger partial charge < -0.3 is 19.5 Å². The molecule has 0 radical (unpaired) electrons. The van der Waals surface area contributed by atoms with E-state index < -0.39 is 17.8 Å². The maximum absolute atomic E-state index is 12.0. The van der Waals surface area contributed by atoms with E-state index in [-0.39, 0.29) is 6.61 Å². The summed E-state index contributed by atoms with van der Waals surface area (Å²) in [6, 6.07) is 6.22. The maximum Gasteiger partial charge on any atom is 0.350 e. The first-order chi connectivity index (χ1) is 12.0. The molecule has 0 aliphatic carbocycles. The number of amides is 1. The Balaban J connectivity index is 1.98. The van der Waals surface area contributed by atoms with E-state index in [1.165, 1.54) is 37.7 Å². The van der Waals surface area contributed by atoms with Gasteiger partial charge in [-0.2, -0.15) is 0 Å². The van der Waals surface area contributed by atoms with Crippen molar-refractivity contribution in [2.45, 2.75) is 0 Å². The van der Waals surface area contributed by atoms with Crippen LogP contribution in [0.4, 0.5) is 5.69 Å². The molecule has 0 unspecified atom stereocenters. The smallest absolute Gasteiger partial charge is 0.350 e. The summed E-state index contributed by atoms with van der Waals surface area (Å²) in [7, 11) is 2.56. The molecule has 0 saturated heterocycles. The Bertz CT molecular complexity index is 804. The molecule has 1 aromatic heterocycles. The van der Waals surface area contributed by atoms with Gasteiger partial charge in [0.2, 0.25) is 0 Å². The summed E-state index contributed by atoms with van der Waals surface area (Å²) in [5, 5.41) is 4.26. The number of hydrogen-bond acceptors (Lipinski definition) is 7. The summed E-state index contributed by atoms with van der Waals surface area (Å²) < 4.78 is 15.2. The van der Waals surface area contributed by atoms with E-state index in [2.05, 4.69) is 30.7 Å². The van der Waals surface area contributed by atoms with Crippen LogP contribution in [0.25, 0.3) is 0 Å². The fourth-order valence-electron chi connectivity index (χ4n) is 1.85. The molecule has 1 aromatic carbocycles. The second kappa shape index (κ2) is 8.63. The Morgan fingerprint density at radius 1 is 1.12 bits per heavy atom. The van der Waals surface area contributed by atoms with E-state index in [0.29, 0.717) is 26.4 Å². The van der Waals surface area contributed by atoms with Crippen LogP contribution in [0.2, 0.25) is 0 Å². The minimum absolute atomic E-state index is 0.271. The van der Waals surface area contributed by atoms with Crippen LogP contribution in [0, 0.1) is 0 Å². The van der Waals surface area contributed by atoms with Crippen LogP contribution in [0.15, 0.2) is 34.1 Å². The molecule has 0 spiro atoms. The predicted octanol–water partition coefficient (Wildman–Crippen LogP) is 3.10. The highest BCUT2D eigenvalue weighted by Crippen LogP contribution is 2.27. The number of hydrogen-bond donors (Lipinski definition) is 1. The minimum Gasteiger partial charge on any atom is -0.483 e. The summed E-state index contributed by atoms with van der Waals surface area (Å²) in [4.78, 5) is 35.3. The van der Waals surface area contributed by atoms with Crippen LogP contribution in [-0.4, -0.2) is 38.7 Å². The zero-order chi connectivity index (χ0) is 18.4. The van der Waals surface area contributed by atoms with Crippen molar-refractivity contribution in [2.75, 3.05) is 26.1 Å². The van der Waals surface area contributed by atoms with Crippen molar-refractivity contribution in [3.63, 3.8) is 0 Å². The van der Waals surface area contributed by atoms with E-state index in [0.717, 1.165) is 0 Å². The number of benzene rings is 1. The summed E-state index contributed by atoms with van der Waals surface area (Å²) in [5.74, 6) is -1.04. The van der Waals surface area contributed by atoms with Crippen LogP contribution >= 0.6 is 27.3 Å². The van der Waals surface area contributed by atoms with Crippen molar-refractivity contribution in [3.05, 3.63) is 44.6 Å². The monoisotopic (exact) mass is 427 g/mol. The van der Waals surface area contributed by atoms with Crippen molar-refractivity contribution in [2.24, 2.45) is 0 Å². The molecule has 1 N–H and O–H groups in total. The third-order valence-corrected chi connectivity index (χ3v) is 4.54. The lowest BCUT2D eigenvalue weighted by Crippen LogP contribution is -2.21. The van der Waals surface area contributed by atoms with Gasteiger partial charge in [0.15, 0.2) is 6.61 Å². The third-order valence-electron chi connectivity index (χ3n) is 3.02. The lowest BCUT2D eigenvalue weighted by Gasteiger charge is -2.10. The lowest BCUT2D eigenvalue weighted by atomic mass is 10.2. The summed E-state index contributed by atoms with van der Waals surface area (Å²) >= 11 is 4.44. The normalized spacial score (nSPS) is 10.0. The number of rotatable bonds is 6. The van der Waals surface area contributed by atoms with Crippen LogP contribution in [-0.2, 0) is 14.3 Å². The number of halogens is 1. The number of nitrogens with one attached hydrogen (secondary N) is 1. The average molecular weight is 428 g/mol. The largest absolute Gasteiger partial charge is 0.483 e. The quantitative estimate of drug-likeness (QED) is 0.712. The van der Waals surface area contributed by atoms with Gasteiger partial charge in [-0.1, -0.05) is 0 Å². The van der Waals surface area contributed by atoms with E-state index in [1.807, 2.05) is 0 Å². The first kappa shape index (κ1) is 18.9. The third kappa shape index (κ3) is 4.80. The summed E-state index contributed by atoms with van der Waals surface area (Å²) in [5.41, 5.74) is 0.720. The highest BCUT2D eigenvalue weighted by atomic mass is 79.9. The number of carbonyl (C=O) groups is 3. The molecule has 9 heteroatoms. The van der Waals surface area contributed by atoms with E-state index in [4.69, 9.17) is 4.74 Å². The second-order valence-electron chi connectivity index (χ2n) is 4.63. The molecular formula is C16H14BrNO6S. The standard InChI is InChI=1S/C16H14BrNO6S/c1-22-15(20)9-3-4-12(10(17)7-9)24-8-13(19)18-11-5-6-25-14(11)16(21)23-2/h3-7H,8H2,1-2H3,(H,18,19). The molecule has 1 amide bonds. The molecule has 2 aromatic rings. The van der Waals surface area contributed by atoms with E-state index in [1.54, 1.807) is 17.5 Å². The molecule has 7 nitrogen and oxygen atoms in total. The van der Waals surface area contributed by atoms with Gasteiger partial charge in [0.25, 0.3) is 5.91 Å².